The molecular formula is C22H22N2OS2. The molecule has 0 atom stereocenters. The molecule has 2 aromatic rings. The highest BCUT2D eigenvalue weighted by Gasteiger charge is 2.34. The minimum absolute atomic E-state index is 0.0411. The van der Waals surface area contributed by atoms with Crippen molar-refractivity contribution in [3.63, 3.8) is 0 Å². The lowest BCUT2D eigenvalue weighted by atomic mass is 10.1. The van der Waals surface area contributed by atoms with Gasteiger partial charge in [0.2, 0.25) is 0 Å². The van der Waals surface area contributed by atoms with Crippen molar-refractivity contribution in [3.05, 3.63) is 64.1 Å². The molecule has 2 saturated heterocycles. The number of amides is 1. The minimum Gasteiger partial charge on any atom is -0.372 e. The summed E-state index contributed by atoms with van der Waals surface area (Å²) < 4.78 is 0.590. The van der Waals surface area contributed by atoms with Crippen LogP contribution in [0.1, 0.15) is 29.5 Å². The van der Waals surface area contributed by atoms with Gasteiger partial charge >= 0.3 is 0 Å². The van der Waals surface area contributed by atoms with E-state index in [0.29, 0.717) is 9.23 Å². The van der Waals surface area contributed by atoms with Crippen molar-refractivity contribution in [2.45, 2.75) is 26.7 Å². The number of aryl methyl sites for hydroxylation is 2. The van der Waals surface area contributed by atoms with Gasteiger partial charge in [0, 0.05) is 18.8 Å². The second-order valence-electron chi connectivity index (χ2n) is 7.09. The Bertz CT molecular complexity index is 928. The molecule has 0 unspecified atom stereocenters. The zero-order valence-corrected chi connectivity index (χ0v) is 17.2. The molecule has 4 rings (SSSR count). The summed E-state index contributed by atoms with van der Waals surface area (Å²) in [6.07, 6.45) is 4.47. The molecule has 0 N–H and O–H groups in total. The molecule has 0 aromatic heterocycles. The van der Waals surface area contributed by atoms with Crippen molar-refractivity contribution in [2.75, 3.05) is 22.9 Å². The van der Waals surface area contributed by atoms with E-state index in [0.717, 1.165) is 29.9 Å². The molecule has 2 fully saturated rings. The van der Waals surface area contributed by atoms with Crippen LogP contribution in [0.25, 0.3) is 6.08 Å². The lowest BCUT2D eigenvalue weighted by Crippen LogP contribution is -2.28. The van der Waals surface area contributed by atoms with Gasteiger partial charge in [-0.25, -0.2) is 0 Å². The lowest BCUT2D eigenvalue weighted by molar-refractivity contribution is -0.113. The molecule has 2 aliphatic heterocycles. The molecule has 0 radical (unpaired) electrons. The van der Waals surface area contributed by atoms with E-state index in [4.69, 9.17) is 12.2 Å². The van der Waals surface area contributed by atoms with E-state index in [1.54, 1.807) is 4.90 Å². The van der Waals surface area contributed by atoms with Crippen molar-refractivity contribution in [3.8, 4) is 0 Å². The van der Waals surface area contributed by atoms with Crippen molar-refractivity contribution in [1.82, 2.24) is 0 Å². The number of carbonyl (C=O) groups is 1. The Hall–Kier alpha value is -2.11. The fraction of sp³-hybridized carbons (Fsp3) is 0.273. The molecule has 0 bridgehead atoms. The Morgan fingerprint density at radius 1 is 1.04 bits per heavy atom. The maximum atomic E-state index is 13.0. The van der Waals surface area contributed by atoms with E-state index in [1.807, 2.05) is 32.1 Å². The molecule has 2 aromatic carbocycles. The van der Waals surface area contributed by atoms with E-state index in [-0.39, 0.29) is 5.91 Å². The summed E-state index contributed by atoms with van der Waals surface area (Å²) in [5.41, 5.74) is 5.39. The number of benzene rings is 2. The summed E-state index contributed by atoms with van der Waals surface area (Å²) in [6.45, 7) is 6.33. The summed E-state index contributed by atoms with van der Waals surface area (Å²) in [4.78, 5) is 17.7. The standard InChI is InChI=1S/C22H22N2OS2/c1-15-5-10-19(16(2)13-15)24-21(25)20(27-22(24)26)14-17-6-8-18(9-7-17)23-11-3-4-12-23/h5-10,13-14H,3-4,11-12H2,1-2H3/b20-14-. The second kappa shape index (κ2) is 7.49. The smallest absolute Gasteiger partial charge is 0.270 e. The average Bonchev–Trinajstić information content (AvgIpc) is 3.26. The molecule has 2 aliphatic rings. The number of anilines is 2. The van der Waals surface area contributed by atoms with E-state index in [1.165, 1.54) is 35.9 Å². The number of thioether (sulfide) groups is 1. The van der Waals surface area contributed by atoms with Gasteiger partial charge in [-0.15, -0.1) is 0 Å². The van der Waals surface area contributed by atoms with Crippen molar-refractivity contribution in [2.24, 2.45) is 0 Å². The lowest BCUT2D eigenvalue weighted by Gasteiger charge is -2.17. The van der Waals surface area contributed by atoms with Gasteiger partial charge in [0.05, 0.1) is 10.6 Å². The van der Waals surface area contributed by atoms with Gasteiger partial charge in [0.25, 0.3) is 5.91 Å². The van der Waals surface area contributed by atoms with Crippen molar-refractivity contribution < 1.29 is 4.79 Å². The Kier molecular flexibility index (Phi) is 5.06. The summed E-state index contributed by atoms with van der Waals surface area (Å²) >= 11 is 6.87. The van der Waals surface area contributed by atoms with E-state index < -0.39 is 0 Å². The first kappa shape index (κ1) is 18.3. The second-order valence-corrected chi connectivity index (χ2v) is 8.77. The molecule has 3 nitrogen and oxygen atoms in total. The van der Waals surface area contributed by atoms with Crippen molar-refractivity contribution in [1.29, 1.82) is 0 Å². The van der Waals surface area contributed by atoms with Crippen LogP contribution in [0, 0.1) is 13.8 Å². The molecule has 27 heavy (non-hydrogen) atoms. The van der Waals surface area contributed by atoms with Gasteiger partial charge in [-0.05, 0) is 62.1 Å². The monoisotopic (exact) mass is 394 g/mol. The van der Waals surface area contributed by atoms with Crippen LogP contribution in [0.15, 0.2) is 47.4 Å². The van der Waals surface area contributed by atoms with Crippen LogP contribution in [0.3, 0.4) is 0 Å². The van der Waals surface area contributed by atoms with Crippen LogP contribution in [0.2, 0.25) is 0 Å². The fourth-order valence-electron chi connectivity index (χ4n) is 3.64. The molecule has 138 valence electrons. The largest absolute Gasteiger partial charge is 0.372 e. The molecule has 2 heterocycles. The topological polar surface area (TPSA) is 23.6 Å². The SMILES string of the molecule is Cc1ccc(N2C(=O)/C(=C/c3ccc(N4CCCC4)cc3)SC2=S)c(C)c1. The maximum absolute atomic E-state index is 13.0. The Balaban J connectivity index is 1.57. The Labute approximate surface area is 170 Å². The third-order valence-electron chi connectivity index (χ3n) is 5.05. The quantitative estimate of drug-likeness (QED) is 0.520. The third-order valence-corrected chi connectivity index (χ3v) is 6.35. The van der Waals surface area contributed by atoms with Gasteiger partial charge in [-0.1, -0.05) is 53.8 Å². The summed E-state index contributed by atoms with van der Waals surface area (Å²) in [5.74, 6) is -0.0411. The predicted molar refractivity (Wildman–Crippen MR) is 119 cm³/mol. The van der Waals surface area contributed by atoms with Crippen LogP contribution in [0.4, 0.5) is 11.4 Å². The molecule has 0 spiro atoms. The first-order valence-electron chi connectivity index (χ1n) is 9.23. The maximum Gasteiger partial charge on any atom is 0.270 e. The number of thiocarbonyl (C=S) groups is 1. The first-order chi connectivity index (χ1) is 13.0. The number of rotatable bonds is 3. The fourth-order valence-corrected chi connectivity index (χ4v) is 4.92. The number of hydrogen-bond donors (Lipinski definition) is 0. The zero-order valence-electron chi connectivity index (χ0n) is 15.6. The molecule has 0 aliphatic carbocycles. The van der Waals surface area contributed by atoms with Crippen LogP contribution in [-0.4, -0.2) is 23.3 Å². The van der Waals surface area contributed by atoms with Gasteiger partial charge in [-0.2, -0.15) is 0 Å². The molecule has 0 saturated carbocycles. The van der Waals surface area contributed by atoms with E-state index >= 15 is 0 Å². The van der Waals surface area contributed by atoms with E-state index in [2.05, 4.69) is 35.2 Å². The molecular weight excluding hydrogens is 372 g/mol. The minimum atomic E-state index is -0.0411. The Morgan fingerprint density at radius 3 is 2.41 bits per heavy atom. The molecule has 1 amide bonds. The average molecular weight is 395 g/mol. The first-order valence-corrected chi connectivity index (χ1v) is 10.5. The third kappa shape index (κ3) is 3.66. The zero-order chi connectivity index (χ0) is 19.0. The highest BCUT2D eigenvalue weighted by molar-refractivity contribution is 8.27. The van der Waals surface area contributed by atoms with Gasteiger partial charge in [0.15, 0.2) is 4.32 Å². The number of nitrogens with zero attached hydrogens (tertiary/aromatic N) is 2. The predicted octanol–water partition coefficient (Wildman–Crippen LogP) is 5.31. The van der Waals surface area contributed by atoms with Crippen LogP contribution >= 0.6 is 24.0 Å². The number of hydrogen-bond acceptors (Lipinski definition) is 4. The van der Waals surface area contributed by atoms with Gasteiger partial charge in [0.1, 0.15) is 0 Å². The highest BCUT2D eigenvalue weighted by atomic mass is 32.2. The Morgan fingerprint density at radius 2 is 1.74 bits per heavy atom. The number of carbonyl (C=O) groups excluding carboxylic acids is 1. The van der Waals surface area contributed by atoms with Gasteiger partial charge < -0.3 is 4.90 Å². The van der Waals surface area contributed by atoms with Crippen LogP contribution < -0.4 is 9.80 Å². The van der Waals surface area contributed by atoms with Crippen LogP contribution in [-0.2, 0) is 4.79 Å². The van der Waals surface area contributed by atoms with E-state index in [9.17, 15) is 4.79 Å². The normalized spacial score (nSPS) is 18.8. The molecule has 5 heteroatoms. The summed E-state index contributed by atoms with van der Waals surface area (Å²) in [7, 11) is 0. The highest BCUT2D eigenvalue weighted by Crippen LogP contribution is 2.37. The summed E-state index contributed by atoms with van der Waals surface area (Å²) in [6, 6.07) is 14.5. The van der Waals surface area contributed by atoms with Crippen molar-refractivity contribution >= 4 is 51.7 Å². The van der Waals surface area contributed by atoms with Gasteiger partial charge in [-0.3, -0.25) is 9.69 Å². The van der Waals surface area contributed by atoms with Crippen LogP contribution in [0.5, 0.6) is 0 Å². The summed E-state index contributed by atoms with van der Waals surface area (Å²) in [5, 5.41) is 0.